The van der Waals surface area contributed by atoms with Crippen LogP contribution in [0.5, 0.6) is 0 Å². The van der Waals surface area contributed by atoms with E-state index >= 15 is 0 Å². The van der Waals surface area contributed by atoms with Gasteiger partial charge in [0.25, 0.3) is 0 Å². The molecule has 4 rings (SSSR count). The molecule has 4 aromatic rings. The lowest BCUT2D eigenvalue weighted by Gasteiger charge is -2.08. The third-order valence-corrected chi connectivity index (χ3v) is 4.10. The number of carbonyl (C=O) groups is 1. The lowest BCUT2D eigenvalue weighted by Crippen LogP contribution is -2.11. The largest absolute Gasteiger partial charge is 0.285 e. The zero-order valence-electron chi connectivity index (χ0n) is 14.5. The van der Waals surface area contributed by atoms with Crippen molar-refractivity contribution in [1.29, 1.82) is 0 Å². The molecule has 0 atom stereocenters. The van der Waals surface area contributed by atoms with Gasteiger partial charge in [0.1, 0.15) is 17.1 Å². The molecule has 0 spiro atoms. The van der Waals surface area contributed by atoms with Gasteiger partial charge < -0.3 is 0 Å². The van der Waals surface area contributed by atoms with Crippen LogP contribution in [-0.2, 0) is 0 Å². The summed E-state index contributed by atoms with van der Waals surface area (Å²) < 4.78 is 28.7. The van der Waals surface area contributed by atoms with E-state index in [-0.39, 0.29) is 17.1 Å². The molecule has 1 aromatic carbocycles. The van der Waals surface area contributed by atoms with Crippen LogP contribution in [-0.4, -0.2) is 20.7 Å². The van der Waals surface area contributed by atoms with Crippen molar-refractivity contribution in [2.24, 2.45) is 0 Å². The van der Waals surface area contributed by atoms with Crippen LogP contribution in [0.15, 0.2) is 79.0 Å². The van der Waals surface area contributed by atoms with E-state index in [0.29, 0.717) is 11.8 Å². The standard InChI is InChI=1S/C22H13F2N3O/c23-15-13-16(24)21(22(28)19-9-4-5-12-25-19)27-20(15)18-11-6-10-17(26-18)14-7-2-1-3-8-14/h1-13H. The Bertz CT molecular complexity index is 1150. The molecule has 0 saturated heterocycles. The molecule has 0 N–H and O–H groups in total. The second-order valence-corrected chi connectivity index (χ2v) is 5.97. The van der Waals surface area contributed by atoms with Crippen molar-refractivity contribution in [3.8, 4) is 22.6 Å². The van der Waals surface area contributed by atoms with Gasteiger partial charge in [-0.05, 0) is 24.3 Å². The number of rotatable bonds is 4. The van der Waals surface area contributed by atoms with Crippen LogP contribution in [0.1, 0.15) is 16.2 Å². The Hall–Kier alpha value is -3.80. The SMILES string of the molecule is O=C(c1ccccn1)c1nc(-c2cccc(-c3ccccc3)n2)c(F)cc1F. The van der Waals surface area contributed by atoms with Crippen molar-refractivity contribution in [3.63, 3.8) is 0 Å². The molecule has 0 radical (unpaired) electrons. The summed E-state index contributed by atoms with van der Waals surface area (Å²) in [5.41, 5.74) is 0.990. The third-order valence-electron chi connectivity index (χ3n) is 4.10. The van der Waals surface area contributed by atoms with Gasteiger partial charge in [-0.2, -0.15) is 0 Å². The Balaban J connectivity index is 1.80. The number of halogens is 2. The van der Waals surface area contributed by atoms with E-state index in [1.54, 1.807) is 30.3 Å². The van der Waals surface area contributed by atoms with E-state index in [2.05, 4.69) is 15.0 Å². The fraction of sp³-hybridized carbons (Fsp3) is 0. The zero-order valence-corrected chi connectivity index (χ0v) is 14.5. The lowest BCUT2D eigenvalue weighted by molar-refractivity contribution is 0.102. The molecule has 3 heterocycles. The molecular formula is C22H13F2N3O. The van der Waals surface area contributed by atoms with E-state index < -0.39 is 23.1 Å². The van der Waals surface area contributed by atoms with E-state index in [0.717, 1.165) is 5.56 Å². The maximum Gasteiger partial charge on any atom is 0.232 e. The van der Waals surface area contributed by atoms with Gasteiger partial charge in [-0.1, -0.05) is 42.5 Å². The number of aromatic nitrogens is 3. The van der Waals surface area contributed by atoms with Gasteiger partial charge in [-0.3, -0.25) is 9.78 Å². The minimum Gasteiger partial charge on any atom is -0.285 e. The van der Waals surface area contributed by atoms with Crippen molar-refractivity contribution < 1.29 is 13.6 Å². The fourth-order valence-electron chi connectivity index (χ4n) is 2.76. The van der Waals surface area contributed by atoms with Gasteiger partial charge in [0.05, 0.1) is 11.4 Å². The molecule has 0 bridgehead atoms. The Morgan fingerprint density at radius 2 is 1.50 bits per heavy atom. The van der Waals surface area contributed by atoms with Gasteiger partial charge in [-0.25, -0.2) is 18.7 Å². The van der Waals surface area contributed by atoms with Crippen molar-refractivity contribution in [1.82, 2.24) is 15.0 Å². The molecule has 0 fully saturated rings. The van der Waals surface area contributed by atoms with E-state index in [4.69, 9.17) is 0 Å². The summed E-state index contributed by atoms with van der Waals surface area (Å²) in [7, 11) is 0. The number of nitrogens with zero attached hydrogens (tertiary/aromatic N) is 3. The number of hydrogen-bond acceptors (Lipinski definition) is 4. The van der Waals surface area contributed by atoms with Crippen molar-refractivity contribution in [2.75, 3.05) is 0 Å². The Morgan fingerprint density at radius 1 is 0.750 bits per heavy atom. The minimum atomic E-state index is -1.05. The topological polar surface area (TPSA) is 55.7 Å². The maximum absolute atomic E-state index is 14.4. The fourth-order valence-corrected chi connectivity index (χ4v) is 2.76. The summed E-state index contributed by atoms with van der Waals surface area (Å²) in [5.74, 6) is -2.66. The molecule has 4 nitrogen and oxygen atoms in total. The van der Waals surface area contributed by atoms with Crippen LogP contribution in [0, 0.1) is 11.6 Å². The van der Waals surface area contributed by atoms with Crippen LogP contribution in [0.2, 0.25) is 0 Å². The van der Waals surface area contributed by atoms with E-state index in [1.165, 1.54) is 12.3 Å². The number of carbonyl (C=O) groups excluding carboxylic acids is 1. The summed E-state index contributed by atoms with van der Waals surface area (Å²) in [6, 6.07) is 19.7. The quantitative estimate of drug-likeness (QED) is 0.486. The van der Waals surface area contributed by atoms with Gasteiger partial charge in [0.2, 0.25) is 5.78 Å². The first-order chi connectivity index (χ1) is 13.6. The number of hydrogen-bond donors (Lipinski definition) is 0. The zero-order chi connectivity index (χ0) is 19.5. The number of ketones is 1. The highest BCUT2D eigenvalue weighted by atomic mass is 19.1. The van der Waals surface area contributed by atoms with Gasteiger partial charge in [0.15, 0.2) is 11.6 Å². The third kappa shape index (κ3) is 3.40. The highest BCUT2D eigenvalue weighted by Crippen LogP contribution is 2.25. The predicted octanol–water partition coefficient (Wildman–Crippen LogP) is 4.71. The van der Waals surface area contributed by atoms with Crippen molar-refractivity contribution >= 4 is 5.78 Å². The molecule has 0 unspecified atom stereocenters. The summed E-state index contributed by atoms with van der Waals surface area (Å²) in [6.45, 7) is 0. The molecule has 0 saturated carbocycles. The van der Waals surface area contributed by atoms with Crippen molar-refractivity contribution in [3.05, 3.63) is 102 Å². The molecule has 0 aliphatic heterocycles. The maximum atomic E-state index is 14.4. The van der Waals surface area contributed by atoms with Gasteiger partial charge in [0, 0.05) is 17.8 Å². The molecule has 6 heteroatoms. The first-order valence-corrected chi connectivity index (χ1v) is 8.48. The van der Waals surface area contributed by atoms with Crippen LogP contribution < -0.4 is 0 Å². The van der Waals surface area contributed by atoms with Gasteiger partial charge >= 0.3 is 0 Å². The average molecular weight is 373 g/mol. The highest BCUT2D eigenvalue weighted by molar-refractivity contribution is 6.06. The van der Waals surface area contributed by atoms with Crippen LogP contribution in [0.25, 0.3) is 22.6 Å². The summed E-state index contributed by atoms with van der Waals surface area (Å²) in [5, 5.41) is 0. The molecule has 28 heavy (non-hydrogen) atoms. The summed E-state index contributed by atoms with van der Waals surface area (Å²) in [6.07, 6.45) is 1.42. The van der Waals surface area contributed by atoms with Gasteiger partial charge in [-0.15, -0.1) is 0 Å². The summed E-state index contributed by atoms with van der Waals surface area (Å²) >= 11 is 0. The Labute approximate surface area is 159 Å². The lowest BCUT2D eigenvalue weighted by atomic mass is 10.1. The van der Waals surface area contributed by atoms with Crippen molar-refractivity contribution in [2.45, 2.75) is 0 Å². The van der Waals surface area contributed by atoms with Crippen LogP contribution >= 0.6 is 0 Å². The minimum absolute atomic E-state index is 0.0254. The number of pyridine rings is 3. The highest BCUT2D eigenvalue weighted by Gasteiger charge is 2.21. The molecule has 0 aliphatic carbocycles. The van der Waals surface area contributed by atoms with Crippen LogP contribution in [0.4, 0.5) is 8.78 Å². The normalized spacial score (nSPS) is 10.6. The molecule has 136 valence electrons. The first-order valence-electron chi connectivity index (χ1n) is 8.48. The molecule has 0 amide bonds. The second-order valence-electron chi connectivity index (χ2n) is 5.97. The monoisotopic (exact) mass is 373 g/mol. The number of benzene rings is 1. The van der Waals surface area contributed by atoms with E-state index in [1.807, 2.05) is 30.3 Å². The van der Waals surface area contributed by atoms with Crippen LogP contribution in [0.3, 0.4) is 0 Å². The average Bonchev–Trinajstić information content (AvgIpc) is 2.75. The summed E-state index contributed by atoms with van der Waals surface area (Å²) in [4.78, 5) is 24.8. The first kappa shape index (κ1) is 17.6. The molecular weight excluding hydrogens is 360 g/mol. The predicted molar refractivity (Wildman–Crippen MR) is 100 cm³/mol. The molecule has 0 aliphatic rings. The second kappa shape index (κ2) is 7.44. The Morgan fingerprint density at radius 3 is 2.25 bits per heavy atom. The molecule has 3 aromatic heterocycles. The Kier molecular flexibility index (Phi) is 4.68. The van der Waals surface area contributed by atoms with E-state index in [9.17, 15) is 13.6 Å². The smallest absolute Gasteiger partial charge is 0.232 e.